The monoisotopic (exact) mass is 254 g/mol. The Morgan fingerprint density at radius 3 is 2.67 bits per heavy atom. The van der Waals surface area contributed by atoms with Crippen LogP contribution in [0.3, 0.4) is 0 Å². The Balaban J connectivity index is 2.81. The second-order valence-corrected chi connectivity index (χ2v) is 5.18. The van der Waals surface area contributed by atoms with E-state index in [1.807, 2.05) is 30.6 Å². The van der Waals surface area contributed by atoms with Gasteiger partial charge in [-0.3, -0.25) is 4.68 Å². The standard InChI is InChI=1S/C13H26N4O/c1-10(2)8-14-9-12-11(3)15-17(5)13(12)16(4)6-7-18/h10,14,18H,6-9H2,1-5H3. The Morgan fingerprint density at radius 1 is 1.44 bits per heavy atom. The van der Waals surface area contributed by atoms with Crippen LogP contribution in [0.4, 0.5) is 5.82 Å². The molecule has 1 rings (SSSR count). The van der Waals surface area contributed by atoms with Crippen molar-refractivity contribution >= 4 is 5.82 Å². The minimum atomic E-state index is 0.152. The van der Waals surface area contributed by atoms with Crippen molar-refractivity contribution in [2.75, 3.05) is 31.6 Å². The lowest BCUT2D eigenvalue weighted by Gasteiger charge is -2.20. The molecule has 0 spiro atoms. The van der Waals surface area contributed by atoms with Gasteiger partial charge in [-0.1, -0.05) is 13.8 Å². The van der Waals surface area contributed by atoms with Crippen LogP contribution in [0, 0.1) is 12.8 Å². The minimum absolute atomic E-state index is 0.152. The van der Waals surface area contributed by atoms with Crippen LogP contribution in [-0.2, 0) is 13.6 Å². The first-order chi connectivity index (χ1) is 8.47. The molecule has 5 heteroatoms. The molecule has 0 aliphatic rings. The summed E-state index contributed by atoms with van der Waals surface area (Å²) in [4.78, 5) is 2.05. The SMILES string of the molecule is Cc1nn(C)c(N(C)CCO)c1CNCC(C)C. The maximum absolute atomic E-state index is 9.05. The summed E-state index contributed by atoms with van der Waals surface area (Å²) in [5, 5.41) is 17.0. The lowest BCUT2D eigenvalue weighted by Crippen LogP contribution is -2.26. The number of hydrogen-bond donors (Lipinski definition) is 2. The smallest absolute Gasteiger partial charge is 0.131 e. The van der Waals surface area contributed by atoms with E-state index in [0.29, 0.717) is 12.5 Å². The second-order valence-electron chi connectivity index (χ2n) is 5.18. The van der Waals surface area contributed by atoms with E-state index in [9.17, 15) is 0 Å². The van der Waals surface area contributed by atoms with E-state index in [0.717, 1.165) is 24.6 Å². The summed E-state index contributed by atoms with van der Waals surface area (Å²) in [6.07, 6.45) is 0. The Hall–Kier alpha value is -1.07. The molecule has 0 bridgehead atoms. The molecule has 0 saturated heterocycles. The number of nitrogens with zero attached hydrogens (tertiary/aromatic N) is 3. The molecule has 2 N–H and O–H groups in total. The van der Waals surface area contributed by atoms with E-state index in [-0.39, 0.29) is 6.61 Å². The molecule has 0 aromatic carbocycles. The summed E-state index contributed by atoms with van der Waals surface area (Å²) in [5.41, 5.74) is 2.27. The molecule has 0 aliphatic heterocycles. The van der Waals surface area contributed by atoms with Crippen molar-refractivity contribution in [3.8, 4) is 0 Å². The molecular formula is C13H26N4O. The fourth-order valence-corrected chi connectivity index (χ4v) is 2.12. The van der Waals surface area contributed by atoms with E-state index in [1.54, 1.807) is 0 Å². The summed E-state index contributed by atoms with van der Waals surface area (Å²) in [6, 6.07) is 0. The van der Waals surface area contributed by atoms with E-state index < -0.39 is 0 Å². The van der Waals surface area contributed by atoms with Gasteiger partial charge >= 0.3 is 0 Å². The topological polar surface area (TPSA) is 53.3 Å². The number of aromatic nitrogens is 2. The van der Waals surface area contributed by atoms with Crippen molar-refractivity contribution in [1.82, 2.24) is 15.1 Å². The molecule has 0 atom stereocenters. The maximum Gasteiger partial charge on any atom is 0.131 e. The van der Waals surface area contributed by atoms with Crippen LogP contribution in [0.5, 0.6) is 0 Å². The highest BCUT2D eigenvalue weighted by atomic mass is 16.3. The number of anilines is 1. The van der Waals surface area contributed by atoms with Crippen molar-refractivity contribution in [3.63, 3.8) is 0 Å². The van der Waals surface area contributed by atoms with E-state index in [4.69, 9.17) is 5.11 Å². The Kier molecular flexibility index (Phi) is 5.62. The predicted molar refractivity (Wildman–Crippen MR) is 74.8 cm³/mol. The van der Waals surface area contributed by atoms with Gasteiger partial charge in [-0.05, 0) is 19.4 Å². The van der Waals surface area contributed by atoms with Crippen LogP contribution in [0.1, 0.15) is 25.1 Å². The van der Waals surface area contributed by atoms with Gasteiger partial charge in [0.1, 0.15) is 5.82 Å². The van der Waals surface area contributed by atoms with E-state index in [2.05, 4.69) is 24.3 Å². The number of hydrogen-bond acceptors (Lipinski definition) is 4. The molecule has 1 aromatic rings. The van der Waals surface area contributed by atoms with Crippen LogP contribution in [0.15, 0.2) is 0 Å². The average Bonchev–Trinajstić information content (AvgIpc) is 2.53. The fourth-order valence-electron chi connectivity index (χ4n) is 2.12. The molecule has 0 amide bonds. The summed E-state index contributed by atoms with van der Waals surface area (Å²) < 4.78 is 1.89. The van der Waals surface area contributed by atoms with Gasteiger partial charge in [-0.15, -0.1) is 0 Å². The number of aryl methyl sites for hydroxylation is 2. The van der Waals surface area contributed by atoms with Gasteiger partial charge in [0.2, 0.25) is 0 Å². The predicted octanol–water partition coefficient (Wildman–Crippen LogP) is 0.903. The van der Waals surface area contributed by atoms with Gasteiger partial charge in [-0.2, -0.15) is 5.10 Å². The highest BCUT2D eigenvalue weighted by Gasteiger charge is 2.16. The fraction of sp³-hybridized carbons (Fsp3) is 0.769. The van der Waals surface area contributed by atoms with Gasteiger partial charge in [0.15, 0.2) is 0 Å². The first kappa shape index (κ1) is 15.0. The van der Waals surface area contributed by atoms with Gasteiger partial charge in [0, 0.05) is 32.7 Å². The summed E-state index contributed by atoms with van der Waals surface area (Å²) in [5.74, 6) is 1.72. The molecule has 0 unspecified atom stereocenters. The Labute approximate surface area is 110 Å². The highest BCUT2D eigenvalue weighted by Crippen LogP contribution is 2.21. The van der Waals surface area contributed by atoms with Crippen LogP contribution >= 0.6 is 0 Å². The van der Waals surface area contributed by atoms with Gasteiger partial charge in [0.25, 0.3) is 0 Å². The molecule has 0 radical (unpaired) electrons. The molecule has 5 nitrogen and oxygen atoms in total. The Morgan fingerprint density at radius 2 is 2.11 bits per heavy atom. The third-order valence-electron chi connectivity index (χ3n) is 2.96. The largest absolute Gasteiger partial charge is 0.395 e. The second kappa shape index (κ2) is 6.75. The number of aliphatic hydroxyl groups excluding tert-OH is 1. The minimum Gasteiger partial charge on any atom is -0.395 e. The number of rotatable bonds is 7. The van der Waals surface area contributed by atoms with Crippen LogP contribution in [-0.4, -0.2) is 41.6 Å². The highest BCUT2D eigenvalue weighted by molar-refractivity contribution is 5.49. The number of nitrogens with one attached hydrogen (secondary N) is 1. The first-order valence-electron chi connectivity index (χ1n) is 6.52. The molecule has 104 valence electrons. The lowest BCUT2D eigenvalue weighted by atomic mass is 10.2. The maximum atomic E-state index is 9.05. The zero-order valence-corrected chi connectivity index (χ0v) is 12.2. The van der Waals surface area contributed by atoms with Crippen LogP contribution < -0.4 is 10.2 Å². The van der Waals surface area contributed by atoms with Gasteiger partial charge in [-0.25, -0.2) is 0 Å². The molecule has 1 heterocycles. The molecular weight excluding hydrogens is 228 g/mol. The third kappa shape index (κ3) is 3.71. The first-order valence-corrected chi connectivity index (χ1v) is 6.52. The van der Waals surface area contributed by atoms with Crippen LogP contribution in [0.2, 0.25) is 0 Å². The number of likely N-dealkylation sites (N-methyl/N-ethyl adjacent to an activating group) is 1. The zero-order valence-electron chi connectivity index (χ0n) is 12.2. The summed E-state index contributed by atoms with van der Waals surface area (Å²) in [6.45, 7) is 9.02. The van der Waals surface area contributed by atoms with Crippen molar-refractivity contribution in [2.45, 2.75) is 27.3 Å². The van der Waals surface area contributed by atoms with Crippen molar-refractivity contribution in [3.05, 3.63) is 11.3 Å². The molecule has 0 saturated carbocycles. The van der Waals surface area contributed by atoms with E-state index in [1.165, 1.54) is 5.56 Å². The van der Waals surface area contributed by atoms with Crippen molar-refractivity contribution in [2.24, 2.45) is 13.0 Å². The molecule has 0 fully saturated rings. The lowest BCUT2D eigenvalue weighted by molar-refractivity contribution is 0.303. The van der Waals surface area contributed by atoms with E-state index >= 15 is 0 Å². The van der Waals surface area contributed by atoms with Crippen molar-refractivity contribution < 1.29 is 5.11 Å². The summed E-state index contributed by atoms with van der Waals surface area (Å²) >= 11 is 0. The molecule has 1 aromatic heterocycles. The Bertz CT molecular complexity index is 373. The third-order valence-corrected chi connectivity index (χ3v) is 2.96. The summed E-state index contributed by atoms with van der Waals surface area (Å²) in [7, 11) is 3.93. The van der Waals surface area contributed by atoms with Crippen molar-refractivity contribution in [1.29, 1.82) is 0 Å². The average molecular weight is 254 g/mol. The quantitative estimate of drug-likeness (QED) is 0.759. The number of aliphatic hydroxyl groups is 1. The van der Waals surface area contributed by atoms with Crippen LogP contribution in [0.25, 0.3) is 0 Å². The normalized spacial score (nSPS) is 11.3. The molecule has 0 aliphatic carbocycles. The molecule has 18 heavy (non-hydrogen) atoms. The van der Waals surface area contributed by atoms with Gasteiger partial charge in [0.05, 0.1) is 12.3 Å². The van der Waals surface area contributed by atoms with Gasteiger partial charge < -0.3 is 15.3 Å². The zero-order chi connectivity index (χ0) is 13.7.